The Bertz CT molecular complexity index is 811. The molecule has 1 aliphatic heterocycles. The van der Waals surface area contributed by atoms with Crippen molar-refractivity contribution in [1.29, 1.82) is 0 Å². The molecule has 1 aliphatic rings. The molecular weight excluding hydrogens is 348 g/mol. The minimum atomic E-state index is -0.235. The van der Waals surface area contributed by atoms with Gasteiger partial charge < -0.3 is 10.1 Å². The third-order valence-corrected chi connectivity index (χ3v) is 4.34. The lowest BCUT2D eigenvalue weighted by Gasteiger charge is -2.13. The number of fused-ring (bicyclic) bond motifs is 1. The zero-order chi connectivity index (χ0) is 19.2. The summed E-state index contributed by atoms with van der Waals surface area (Å²) >= 11 is 0. The first kappa shape index (κ1) is 18.8. The quantitative estimate of drug-likeness (QED) is 0.540. The highest BCUT2D eigenvalue weighted by Crippen LogP contribution is 2.22. The summed E-state index contributed by atoms with van der Waals surface area (Å²) in [6.45, 7) is 0.700. The molecule has 8 nitrogen and oxygen atoms in total. The highest BCUT2D eigenvalue weighted by Gasteiger charge is 2.34. The lowest BCUT2D eigenvalue weighted by atomic mass is 10.1. The van der Waals surface area contributed by atoms with Crippen LogP contribution < -0.4 is 5.32 Å². The van der Waals surface area contributed by atoms with Crippen LogP contribution in [-0.2, 0) is 16.3 Å². The molecule has 1 aromatic carbocycles. The van der Waals surface area contributed by atoms with Crippen LogP contribution in [0.2, 0.25) is 0 Å². The summed E-state index contributed by atoms with van der Waals surface area (Å²) in [7, 11) is 1.57. The van der Waals surface area contributed by atoms with E-state index in [0.717, 1.165) is 6.42 Å². The molecule has 0 fully saturated rings. The minimum absolute atomic E-state index is 0.0901. The van der Waals surface area contributed by atoms with Crippen molar-refractivity contribution in [3.8, 4) is 0 Å². The molecule has 27 heavy (non-hydrogen) atoms. The predicted octanol–water partition coefficient (Wildman–Crippen LogP) is 2.28. The molecule has 0 saturated carbocycles. The molecule has 1 N–H and O–H groups in total. The Morgan fingerprint density at radius 1 is 1.11 bits per heavy atom. The second-order valence-electron chi connectivity index (χ2n) is 6.35. The first-order valence-electron chi connectivity index (χ1n) is 8.86. The van der Waals surface area contributed by atoms with Gasteiger partial charge in [-0.25, -0.2) is 4.68 Å². The van der Waals surface area contributed by atoms with E-state index in [1.165, 1.54) is 4.90 Å². The molecule has 8 heteroatoms. The highest BCUT2D eigenvalue weighted by molar-refractivity contribution is 6.21. The lowest BCUT2D eigenvalue weighted by molar-refractivity contribution is -0.116. The molecule has 3 amide bonds. The van der Waals surface area contributed by atoms with Crippen LogP contribution >= 0.6 is 0 Å². The van der Waals surface area contributed by atoms with Crippen LogP contribution in [0.25, 0.3) is 0 Å². The van der Waals surface area contributed by atoms with Crippen LogP contribution in [0.4, 0.5) is 5.69 Å². The number of ether oxygens (including phenoxy) is 1. The monoisotopic (exact) mass is 370 g/mol. The summed E-state index contributed by atoms with van der Waals surface area (Å²) in [6, 6.07) is 6.86. The van der Waals surface area contributed by atoms with E-state index in [4.69, 9.17) is 4.74 Å². The van der Waals surface area contributed by atoms with Gasteiger partial charge in [0.25, 0.3) is 11.8 Å². The fourth-order valence-corrected chi connectivity index (χ4v) is 3.03. The molecule has 0 spiro atoms. The Labute approximate surface area is 157 Å². The summed E-state index contributed by atoms with van der Waals surface area (Å²) in [6.07, 6.45) is 5.75. The first-order valence-corrected chi connectivity index (χ1v) is 8.86. The van der Waals surface area contributed by atoms with Gasteiger partial charge in [0.2, 0.25) is 5.91 Å². The van der Waals surface area contributed by atoms with Gasteiger partial charge in [0.1, 0.15) is 6.73 Å². The van der Waals surface area contributed by atoms with E-state index >= 15 is 0 Å². The molecule has 1 aromatic heterocycles. The standard InChI is InChI=1S/C19H22N4O4/c1-27-13-22-12-14(11-20-22)21-17(24)9-3-2-6-10-23-18(25)15-7-4-5-8-16(15)19(23)26/h4-5,7-8,11-12H,2-3,6,9-10,13H2,1H3,(H,21,24). The Kier molecular flexibility index (Phi) is 5.97. The molecule has 0 saturated heterocycles. The number of aromatic nitrogens is 2. The number of carbonyl (C=O) groups is 3. The minimum Gasteiger partial charge on any atom is -0.362 e. The second kappa shape index (κ2) is 8.59. The molecular formula is C19H22N4O4. The second-order valence-corrected chi connectivity index (χ2v) is 6.35. The molecule has 0 bridgehead atoms. The van der Waals surface area contributed by atoms with Gasteiger partial charge in [-0.3, -0.25) is 19.3 Å². The largest absolute Gasteiger partial charge is 0.362 e. The normalized spacial score (nSPS) is 13.1. The van der Waals surface area contributed by atoms with Crippen molar-refractivity contribution in [2.75, 3.05) is 19.0 Å². The van der Waals surface area contributed by atoms with Gasteiger partial charge in [0, 0.05) is 20.1 Å². The zero-order valence-corrected chi connectivity index (χ0v) is 15.2. The summed E-state index contributed by atoms with van der Waals surface area (Å²) in [4.78, 5) is 37.8. The van der Waals surface area contributed by atoms with E-state index in [0.29, 0.717) is 49.4 Å². The number of unbranched alkanes of at least 4 members (excludes halogenated alkanes) is 2. The number of hydrogen-bond acceptors (Lipinski definition) is 5. The third-order valence-electron chi connectivity index (χ3n) is 4.34. The van der Waals surface area contributed by atoms with Crippen molar-refractivity contribution < 1.29 is 19.1 Å². The molecule has 2 aromatic rings. The topological polar surface area (TPSA) is 93.5 Å². The number of benzene rings is 1. The molecule has 0 radical (unpaired) electrons. The van der Waals surface area contributed by atoms with Gasteiger partial charge >= 0.3 is 0 Å². The van der Waals surface area contributed by atoms with E-state index in [1.807, 2.05) is 0 Å². The maximum Gasteiger partial charge on any atom is 0.261 e. The van der Waals surface area contributed by atoms with Crippen LogP contribution in [0.3, 0.4) is 0 Å². The number of amides is 3. The van der Waals surface area contributed by atoms with Gasteiger partial charge in [-0.2, -0.15) is 5.10 Å². The molecule has 0 aliphatic carbocycles. The van der Waals surface area contributed by atoms with Crippen LogP contribution in [0.1, 0.15) is 46.4 Å². The van der Waals surface area contributed by atoms with E-state index in [1.54, 1.807) is 48.5 Å². The number of nitrogens with zero attached hydrogens (tertiary/aromatic N) is 3. The average molecular weight is 370 g/mol. The number of carbonyl (C=O) groups excluding carboxylic acids is 3. The summed E-state index contributed by atoms with van der Waals surface area (Å²) < 4.78 is 6.53. The molecule has 3 rings (SSSR count). The zero-order valence-electron chi connectivity index (χ0n) is 15.2. The van der Waals surface area contributed by atoms with Gasteiger partial charge in [-0.1, -0.05) is 18.6 Å². The number of imide groups is 1. The molecule has 0 atom stereocenters. The molecule has 0 unspecified atom stereocenters. The van der Waals surface area contributed by atoms with E-state index < -0.39 is 0 Å². The number of methoxy groups -OCH3 is 1. The Morgan fingerprint density at radius 3 is 2.48 bits per heavy atom. The van der Waals surface area contributed by atoms with E-state index in [9.17, 15) is 14.4 Å². The fraction of sp³-hybridized carbons (Fsp3) is 0.368. The first-order chi connectivity index (χ1) is 13.1. The number of anilines is 1. The molecule has 2 heterocycles. The predicted molar refractivity (Wildman–Crippen MR) is 98.1 cm³/mol. The van der Waals surface area contributed by atoms with Crippen LogP contribution in [0.15, 0.2) is 36.7 Å². The van der Waals surface area contributed by atoms with Gasteiger partial charge in [0.15, 0.2) is 0 Å². The average Bonchev–Trinajstić information content (AvgIpc) is 3.19. The number of hydrogen-bond donors (Lipinski definition) is 1. The van der Waals surface area contributed by atoms with Gasteiger partial charge in [0.05, 0.1) is 29.2 Å². The smallest absolute Gasteiger partial charge is 0.261 e. The SMILES string of the molecule is COCn1cc(NC(=O)CCCCCN2C(=O)c3ccccc3C2=O)cn1. The number of rotatable bonds is 9. The highest BCUT2D eigenvalue weighted by atomic mass is 16.5. The summed E-state index contributed by atoms with van der Waals surface area (Å²) in [5.41, 5.74) is 1.56. The van der Waals surface area contributed by atoms with Crippen molar-refractivity contribution in [3.63, 3.8) is 0 Å². The van der Waals surface area contributed by atoms with Gasteiger partial charge in [-0.05, 0) is 25.0 Å². The van der Waals surface area contributed by atoms with Crippen LogP contribution in [0.5, 0.6) is 0 Å². The van der Waals surface area contributed by atoms with Crippen molar-refractivity contribution in [2.24, 2.45) is 0 Å². The third kappa shape index (κ3) is 4.40. The van der Waals surface area contributed by atoms with E-state index in [-0.39, 0.29) is 17.7 Å². The Balaban J connectivity index is 1.36. The van der Waals surface area contributed by atoms with Crippen LogP contribution in [0, 0.1) is 0 Å². The van der Waals surface area contributed by atoms with Crippen molar-refractivity contribution in [1.82, 2.24) is 14.7 Å². The summed E-state index contributed by atoms with van der Waals surface area (Å²) in [5, 5.41) is 6.83. The Hall–Kier alpha value is -3.00. The van der Waals surface area contributed by atoms with Crippen molar-refractivity contribution in [2.45, 2.75) is 32.4 Å². The van der Waals surface area contributed by atoms with Gasteiger partial charge in [-0.15, -0.1) is 0 Å². The van der Waals surface area contributed by atoms with Crippen molar-refractivity contribution in [3.05, 3.63) is 47.8 Å². The maximum atomic E-state index is 12.3. The van der Waals surface area contributed by atoms with E-state index in [2.05, 4.69) is 10.4 Å². The van der Waals surface area contributed by atoms with Crippen molar-refractivity contribution >= 4 is 23.4 Å². The fourth-order valence-electron chi connectivity index (χ4n) is 3.03. The Morgan fingerprint density at radius 2 is 1.81 bits per heavy atom. The lowest BCUT2D eigenvalue weighted by Crippen LogP contribution is -2.30. The summed E-state index contributed by atoms with van der Waals surface area (Å²) in [5.74, 6) is -0.560. The maximum absolute atomic E-state index is 12.3. The van der Waals surface area contributed by atoms with Crippen LogP contribution in [-0.4, -0.2) is 46.1 Å². The molecule has 142 valence electrons. The number of nitrogens with one attached hydrogen (secondary N) is 1.